The Kier molecular flexibility index (Phi) is 6.66. The molecular formula is C27H22ClF3N4O2. The summed E-state index contributed by atoms with van der Waals surface area (Å²) >= 11 is 6.05. The number of carbonyl (C=O) groups is 1. The van der Waals surface area contributed by atoms with Crippen molar-refractivity contribution in [1.82, 2.24) is 9.55 Å². The second-order valence-electron chi connectivity index (χ2n) is 8.81. The Balaban J connectivity index is 1.44. The van der Waals surface area contributed by atoms with Crippen LogP contribution in [0.4, 0.5) is 24.5 Å². The Labute approximate surface area is 215 Å². The molecule has 0 bridgehead atoms. The van der Waals surface area contributed by atoms with Gasteiger partial charge in [-0.15, -0.1) is 0 Å². The summed E-state index contributed by atoms with van der Waals surface area (Å²) in [4.78, 5) is 16.9. The lowest BCUT2D eigenvalue weighted by Crippen LogP contribution is -2.28. The fourth-order valence-corrected chi connectivity index (χ4v) is 4.62. The highest BCUT2D eigenvalue weighted by molar-refractivity contribution is 6.30. The molecule has 3 heterocycles. The Hall–Kier alpha value is -3.82. The van der Waals surface area contributed by atoms with Crippen molar-refractivity contribution in [3.8, 4) is 0 Å². The second-order valence-corrected chi connectivity index (χ2v) is 9.20. The minimum absolute atomic E-state index is 0.133. The van der Waals surface area contributed by atoms with E-state index in [0.29, 0.717) is 35.4 Å². The van der Waals surface area contributed by atoms with Crippen LogP contribution in [0.25, 0.3) is 17.0 Å². The number of aliphatic hydroxyl groups excluding tert-OH is 1. The van der Waals surface area contributed by atoms with Gasteiger partial charge in [0.25, 0.3) is 0 Å². The van der Waals surface area contributed by atoms with Crippen LogP contribution in [-0.4, -0.2) is 33.2 Å². The molecule has 3 N–H and O–H groups in total. The molecule has 5 rings (SSSR count). The Bertz CT molecular complexity index is 1510. The largest absolute Gasteiger partial charge is 0.416 e. The van der Waals surface area contributed by atoms with Crippen molar-refractivity contribution >= 4 is 45.9 Å². The average molecular weight is 527 g/mol. The SMILES string of the molecule is O=C(/C=C/c1cc2cc(Cl)ncc2n1Cc1cccc(C(F)(F)F)c1)Nc1cccc2c1CC(O)CN2. The monoisotopic (exact) mass is 526 g/mol. The highest BCUT2D eigenvalue weighted by Gasteiger charge is 2.30. The van der Waals surface area contributed by atoms with Gasteiger partial charge in [-0.2, -0.15) is 13.2 Å². The van der Waals surface area contributed by atoms with Crippen molar-refractivity contribution in [1.29, 1.82) is 0 Å². The molecule has 0 aliphatic carbocycles. The Morgan fingerprint density at radius 2 is 2.03 bits per heavy atom. The van der Waals surface area contributed by atoms with Gasteiger partial charge < -0.3 is 20.3 Å². The van der Waals surface area contributed by atoms with Crippen LogP contribution in [0.5, 0.6) is 0 Å². The summed E-state index contributed by atoms with van der Waals surface area (Å²) in [5.41, 5.74) is 3.25. The first-order valence-electron chi connectivity index (χ1n) is 11.5. The van der Waals surface area contributed by atoms with E-state index in [4.69, 9.17) is 11.6 Å². The number of aromatic nitrogens is 2. The molecular weight excluding hydrogens is 505 g/mol. The summed E-state index contributed by atoms with van der Waals surface area (Å²) in [6.45, 7) is 0.577. The van der Waals surface area contributed by atoms with Crippen LogP contribution in [0.3, 0.4) is 0 Å². The van der Waals surface area contributed by atoms with Gasteiger partial charge in [0.15, 0.2) is 0 Å². The van der Waals surface area contributed by atoms with Gasteiger partial charge >= 0.3 is 6.18 Å². The third-order valence-corrected chi connectivity index (χ3v) is 6.40. The van der Waals surface area contributed by atoms with Crippen LogP contribution in [0.2, 0.25) is 5.15 Å². The van der Waals surface area contributed by atoms with Gasteiger partial charge in [-0.1, -0.05) is 29.8 Å². The van der Waals surface area contributed by atoms with Gasteiger partial charge in [-0.25, -0.2) is 4.98 Å². The molecule has 0 spiro atoms. The fourth-order valence-electron chi connectivity index (χ4n) is 4.46. The third-order valence-electron chi connectivity index (χ3n) is 6.19. The maximum Gasteiger partial charge on any atom is 0.416 e. The van der Waals surface area contributed by atoms with Crippen molar-refractivity contribution < 1.29 is 23.1 Å². The molecule has 10 heteroatoms. The zero-order valence-corrected chi connectivity index (χ0v) is 20.1. The number of halogens is 4. The van der Waals surface area contributed by atoms with E-state index in [1.165, 1.54) is 12.1 Å². The molecule has 4 aromatic rings. The highest BCUT2D eigenvalue weighted by atomic mass is 35.5. The van der Waals surface area contributed by atoms with Crippen LogP contribution < -0.4 is 10.6 Å². The van der Waals surface area contributed by atoms with Crippen LogP contribution in [0.1, 0.15) is 22.4 Å². The summed E-state index contributed by atoms with van der Waals surface area (Å²) in [6, 6.07) is 14.0. The number of anilines is 2. The van der Waals surface area contributed by atoms with Gasteiger partial charge in [-0.05, 0) is 48.0 Å². The standard InChI is InChI=1S/C27H22ClF3N4O2/c28-25-11-17-10-19(7-8-26(37)34-23-6-2-5-22-21(23)12-20(36)13-32-22)35(24(17)14-33-25)15-16-3-1-4-18(9-16)27(29,30)31/h1-11,14,20,32,36H,12-13,15H2,(H,34,37)/b8-7+. The summed E-state index contributed by atoms with van der Waals surface area (Å²) in [7, 11) is 0. The van der Waals surface area contributed by atoms with E-state index in [1.807, 2.05) is 12.1 Å². The molecule has 0 fully saturated rings. The number of alkyl halides is 3. The number of β-amino-alcohol motifs (C(OH)–C–C–N with tert-alkyl or cyclic N) is 1. The number of hydrogen-bond donors (Lipinski definition) is 3. The molecule has 2 aromatic heterocycles. The number of aliphatic hydroxyl groups is 1. The number of hydrogen-bond acceptors (Lipinski definition) is 4. The molecule has 2 aromatic carbocycles. The van der Waals surface area contributed by atoms with E-state index < -0.39 is 17.8 Å². The maximum atomic E-state index is 13.2. The number of fused-ring (bicyclic) bond motifs is 2. The van der Waals surface area contributed by atoms with Crippen molar-refractivity contribution in [2.45, 2.75) is 25.2 Å². The number of carbonyl (C=O) groups excluding carboxylic acids is 1. The number of nitrogens with one attached hydrogen (secondary N) is 2. The first-order valence-corrected chi connectivity index (χ1v) is 11.9. The lowest BCUT2D eigenvalue weighted by Gasteiger charge is -2.24. The summed E-state index contributed by atoms with van der Waals surface area (Å²) in [5, 5.41) is 17.0. The Morgan fingerprint density at radius 3 is 2.84 bits per heavy atom. The number of nitrogens with zero attached hydrogens (tertiary/aromatic N) is 2. The first kappa shape index (κ1) is 24.9. The minimum Gasteiger partial charge on any atom is -0.391 e. The molecule has 1 aliphatic rings. The molecule has 1 unspecified atom stereocenters. The predicted octanol–water partition coefficient (Wildman–Crippen LogP) is 5.74. The number of pyridine rings is 1. The minimum atomic E-state index is -4.45. The van der Waals surface area contributed by atoms with Crippen LogP contribution in [0, 0.1) is 0 Å². The molecule has 6 nitrogen and oxygen atoms in total. The summed E-state index contributed by atoms with van der Waals surface area (Å²) in [5.74, 6) is -0.388. The van der Waals surface area contributed by atoms with Crippen LogP contribution >= 0.6 is 11.6 Å². The Morgan fingerprint density at radius 1 is 1.22 bits per heavy atom. The third kappa shape index (κ3) is 5.47. The smallest absolute Gasteiger partial charge is 0.391 e. The van der Waals surface area contributed by atoms with Crippen molar-refractivity contribution in [2.75, 3.05) is 17.2 Å². The molecule has 0 radical (unpaired) electrons. The van der Waals surface area contributed by atoms with E-state index in [2.05, 4.69) is 15.6 Å². The summed E-state index contributed by atoms with van der Waals surface area (Å²) in [6.07, 6.45) is -0.0730. The molecule has 0 saturated carbocycles. The van der Waals surface area contributed by atoms with Crippen LogP contribution in [0.15, 0.2) is 66.9 Å². The normalized spacial score (nSPS) is 15.5. The molecule has 1 amide bonds. The van der Waals surface area contributed by atoms with Gasteiger partial charge in [0.1, 0.15) is 5.15 Å². The van der Waals surface area contributed by atoms with Crippen molar-refractivity contribution in [3.05, 3.63) is 94.4 Å². The lowest BCUT2D eigenvalue weighted by molar-refractivity contribution is -0.137. The molecule has 190 valence electrons. The lowest BCUT2D eigenvalue weighted by atomic mass is 9.99. The summed E-state index contributed by atoms with van der Waals surface area (Å²) < 4.78 is 41.5. The zero-order chi connectivity index (χ0) is 26.2. The van der Waals surface area contributed by atoms with Gasteiger partial charge in [-0.3, -0.25) is 4.79 Å². The zero-order valence-electron chi connectivity index (χ0n) is 19.4. The molecule has 0 saturated heterocycles. The van der Waals surface area contributed by atoms with Crippen molar-refractivity contribution in [2.24, 2.45) is 0 Å². The number of benzene rings is 2. The maximum absolute atomic E-state index is 13.2. The topological polar surface area (TPSA) is 79.2 Å². The van der Waals surface area contributed by atoms with Gasteiger partial charge in [0.2, 0.25) is 5.91 Å². The predicted molar refractivity (Wildman–Crippen MR) is 138 cm³/mol. The number of rotatable bonds is 5. The fraction of sp³-hybridized carbons (Fsp3) is 0.185. The van der Waals surface area contributed by atoms with E-state index in [9.17, 15) is 23.1 Å². The van der Waals surface area contributed by atoms with Crippen LogP contribution in [-0.2, 0) is 23.9 Å². The van der Waals surface area contributed by atoms with E-state index in [0.717, 1.165) is 28.8 Å². The molecule has 1 aliphatic heterocycles. The molecule has 1 atom stereocenters. The average Bonchev–Trinajstić information content (AvgIpc) is 3.19. The van der Waals surface area contributed by atoms with E-state index in [1.54, 1.807) is 41.1 Å². The second kappa shape index (κ2) is 9.91. The first-order chi connectivity index (χ1) is 17.7. The quantitative estimate of drug-likeness (QED) is 0.229. The molecule has 37 heavy (non-hydrogen) atoms. The van der Waals surface area contributed by atoms with Crippen molar-refractivity contribution in [3.63, 3.8) is 0 Å². The van der Waals surface area contributed by atoms with Gasteiger partial charge in [0, 0.05) is 53.6 Å². The van der Waals surface area contributed by atoms with Gasteiger partial charge in [0.05, 0.1) is 23.4 Å². The van der Waals surface area contributed by atoms with E-state index >= 15 is 0 Å². The van der Waals surface area contributed by atoms with E-state index in [-0.39, 0.29) is 17.6 Å². The number of amides is 1. The highest BCUT2D eigenvalue weighted by Crippen LogP contribution is 2.31.